The lowest BCUT2D eigenvalue weighted by atomic mass is 10.00. The quantitative estimate of drug-likeness (QED) is 0.0294. The van der Waals surface area contributed by atoms with Crippen LogP contribution in [0.15, 0.2) is 110 Å². The van der Waals surface area contributed by atoms with E-state index in [1.165, 1.54) is 49.5 Å². The highest BCUT2D eigenvalue weighted by molar-refractivity contribution is 7.73. The van der Waals surface area contributed by atoms with Crippen LogP contribution in [0, 0.1) is 0 Å². The first-order valence-electron chi connectivity index (χ1n) is 36.9. The molecule has 8 aliphatic rings. The number of halogens is 2. The zero-order chi connectivity index (χ0) is 86.6. The number of nitrogens with one attached hydrogen (secondary N) is 6. The van der Waals surface area contributed by atoms with Gasteiger partial charge in [0.05, 0.1) is 42.0 Å². The molecular weight excluding hydrogens is 1620 g/mol. The minimum absolute atomic E-state index is 0.228. The Labute approximate surface area is 675 Å². The summed E-state index contributed by atoms with van der Waals surface area (Å²) in [6.45, 7) is 26.6. The van der Waals surface area contributed by atoms with E-state index in [-0.39, 0.29) is 29.7 Å². The van der Waals surface area contributed by atoms with Gasteiger partial charge in [-0.25, -0.2) is 23.6 Å². The number of carbonyl (C=O) groups is 5. The number of methoxy groups -OCH3 is 2. The van der Waals surface area contributed by atoms with Crippen molar-refractivity contribution in [3.63, 3.8) is 0 Å². The maximum Gasteiger partial charge on any atom is 0.332 e. The second kappa shape index (κ2) is 41.3. The van der Waals surface area contributed by atoms with Crippen molar-refractivity contribution in [1.29, 1.82) is 0 Å². The Morgan fingerprint density at radius 3 is 1.43 bits per heavy atom. The maximum absolute atomic E-state index is 14.3. The van der Waals surface area contributed by atoms with E-state index < -0.39 is 191 Å². The van der Waals surface area contributed by atoms with Crippen LogP contribution < -0.4 is 49.1 Å². The Balaban J connectivity index is 0.000000225. The Morgan fingerprint density at radius 2 is 0.983 bits per heavy atom. The molecule has 0 bridgehead atoms. The molecule has 8 aliphatic heterocycles. The highest BCUT2D eigenvalue weighted by Crippen LogP contribution is 2.45. The molecule has 2 aromatic rings. The molecule has 115 heavy (non-hydrogen) atoms. The van der Waals surface area contributed by atoms with E-state index in [1.54, 1.807) is 18.2 Å². The fraction of sp³-hybridized carbons (Fsp3) is 0.600. The molecule has 0 spiro atoms. The van der Waals surface area contributed by atoms with Gasteiger partial charge >= 0.3 is 29.4 Å². The van der Waals surface area contributed by atoms with Crippen molar-refractivity contribution >= 4 is 107 Å². The fourth-order valence-electron chi connectivity index (χ4n) is 13.0. The number of hydrogen-bond donors (Lipinski definition) is 12. The molecular formula is C75H119ClFN10O23P5. The van der Waals surface area contributed by atoms with Gasteiger partial charge in [-0.2, -0.15) is 0 Å². The molecule has 2 aromatic heterocycles. The summed E-state index contributed by atoms with van der Waals surface area (Å²) in [6.07, 6.45) is 21.2. The van der Waals surface area contributed by atoms with Gasteiger partial charge in [-0.1, -0.05) is 19.7 Å². The lowest BCUT2D eigenvalue weighted by Crippen LogP contribution is -2.47. The molecule has 10 rings (SSSR count). The van der Waals surface area contributed by atoms with E-state index in [9.17, 15) is 78.2 Å². The predicted octanol–water partition coefficient (Wildman–Crippen LogP) is 2.32. The Morgan fingerprint density at radius 1 is 0.565 bits per heavy atom. The van der Waals surface area contributed by atoms with Crippen LogP contribution in [0.2, 0.25) is 0 Å². The number of amides is 5. The first-order chi connectivity index (χ1) is 53.2. The molecule has 0 aliphatic carbocycles. The van der Waals surface area contributed by atoms with Crippen LogP contribution in [0.3, 0.4) is 0 Å². The number of ketones is 1. The van der Waals surface area contributed by atoms with Gasteiger partial charge in [0.25, 0.3) is 17.0 Å². The molecule has 646 valence electrons. The predicted molar refractivity (Wildman–Crippen MR) is 457 cm³/mol. The van der Waals surface area contributed by atoms with Crippen molar-refractivity contribution < 1.29 is 96.9 Å². The molecule has 33 nitrogen and oxygen atoms in total. The van der Waals surface area contributed by atoms with Crippen LogP contribution in [0.4, 0.5) is 14.0 Å². The summed E-state index contributed by atoms with van der Waals surface area (Å²) in [5, 5.41) is 73.9. The van der Waals surface area contributed by atoms with E-state index in [0.29, 0.717) is 53.8 Å². The SMILES string of the molecule is C=C1NC(=O)C=CN1[C@@H]1O[C@H](CCP(=C)(C)C)[C@@H](O)[C@H]1OC.C=C1NC(=O)NC=C1[C@@H]1O[C@H](CCP(=C)(C)C)[C@@H](O)[C@H]1Cl.C=C1NC(=O)NC=C1[C@@H]1O[C@H](CCP(=C)(C)C)[C@@H](O)[C@H]1F.C=P(C)(C)CC[C@H]1O[C@@H](n2cc(C(=O)COC(C)=O)c(=O)[nH]c2=O)[C@H](O)[C@@H]1O.C=P(C)(C)CC[C@H]1O[C@@H](n2ccc(=O)n(C)c2=O)[C@H](OC)[C@@H]1O. The van der Waals surface area contributed by atoms with Gasteiger partial charge in [-0.3, -0.25) is 42.7 Å². The van der Waals surface area contributed by atoms with Crippen molar-refractivity contribution in [2.24, 2.45) is 7.05 Å². The number of aromatic amines is 1. The van der Waals surface area contributed by atoms with Gasteiger partial charge < -0.3 is 100 Å². The van der Waals surface area contributed by atoms with Gasteiger partial charge in [0.1, 0.15) is 66.3 Å². The summed E-state index contributed by atoms with van der Waals surface area (Å²) < 4.78 is 61.9. The largest absolute Gasteiger partial charge is 0.457 e. The number of rotatable bonds is 25. The van der Waals surface area contributed by atoms with Gasteiger partial charge in [0.2, 0.25) is 5.78 Å². The normalized spacial score (nSPS) is 30.1. The lowest BCUT2D eigenvalue weighted by Gasteiger charge is -2.33. The number of ether oxygens (including phenoxy) is 8. The van der Waals surface area contributed by atoms with E-state index in [1.807, 2.05) is 18.3 Å². The molecule has 10 heterocycles. The van der Waals surface area contributed by atoms with Crippen molar-refractivity contribution in [2.45, 2.75) is 161 Å². The molecule has 40 heteroatoms. The van der Waals surface area contributed by atoms with E-state index in [0.717, 1.165) is 59.7 Å². The first kappa shape index (κ1) is 97.8. The number of aliphatic hydroxyl groups excluding tert-OH is 6. The minimum Gasteiger partial charge on any atom is -0.457 e. The molecule has 12 N–H and O–H groups in total. The number of Topliss-reactive ketones (excluding diaryl/α,β-unsaturated/α-hetero) is 1. The number of H-pyrrole nitrogens is 1. The zero-order valence-corrected chi connectivity index (χ0v) is 73.2. The third-order valence-corrected chi connectivity index (χ3v) is 27.3. The smallest absolute Gasteiger partial charge is 0.332 e. The van der Waals surface area contributed by atoms with Crippen LogP contribution >= 0.6 is 46.0 Å². The van der Waals surface area contributed by atoms with Crippen molar-refractivity contribution in [2.75, 3.05) is 118 Å². The van der Waals surface area contributed by atoms with Crippen LogP contribution in [-0.2, 0) is 54.5 Å². The van der Waals surface area contributed by atoms with Crippen LogP contribution in [0.5, 0.6) is 0 Å². The number of hydrogen-bond acceptors (Lipinski definition) is 24. The minimum atomic E-state index is -1.54. The summed E-state index contributed by atoms with van der Waals surface area (Å²) in [4.78, 5) is 108. The van der Waals surface area contributed by atoms with E-state index in [4.69, 9.17) is 44.8 Å². The number of aliphatic hydroxyl groups is 6. The summed E-state index contributed by atoms with van der Waals surface area (Å²) in [7, 11) is 4.42. The molecule has 5 fully saturated rings. The van der Waals surface area contributed by atoms with Crippen molar-refractivity contribution in [1.82, 2.24) is 50.2 Å². The zero-order valence-electron chi connectivity index (χ0n) is 67.9. The van der Waals surface area contributed by atoms with Gasteiger partial charge in [0, 0.05) is 93.9 Å². The highest BCUT2D eigenvalue weighted by Gasteiger charge is 2.51. The number of carbonyl (C=O) groups excluding carboxylic acids is 5. The van der Waals surface area contributed by atoms with Crippen LogP contribution in [0.1, 0.15) is 61.8 Å². The average molecular weight is 1740 g/mol. The van der Waals surface area contributed by atoms with Gasteiger partial charge in [-0.05, 0) is 130 Å². The monoisotopic (exact) mass is 1740 g/mol. The van der Waals surface area contributed by atoms with E-state index >= 15 is 0 Å². The molecule has 5 saturated heterocycles. The van der Waals surface area contributed by atoms with Crippen LogP contribution in [0.25, 0.3) is 0 Å². The van der Waals surface area contributed by atoms with Crippen LogP contribution in [-0.4, -0.2) is 343 Å². The fourth-order valence-corrected chi connectivity index (χ4v) is 18.1. The second-order valence-electron chi connectivity index (χ2n) is 32.7. The molecule has 0 saturated carbocycles. The third kappa shape index (κ3) is 27.8. The third-order valence-electron chi connectivity index (χ3n) is 19.5. The Hall–Kier alpha value is -6.05. The van der Waals surface area contributed by atoms with Gasteiger partial charge in [0.15, 0.2) is 31.5 Å². The summed E-state index contributed by atoms with van der Waals surface area (Å²) >= 11 is 6.30. The summed E-state index contributed by atoms with van der Waals surface area (Å²) in [5.41, 5.74) is -1.34. The molecule has 0 unspecified atom stereocenters. The van der Waals surface area contributed by atoms with E-state index in [2.05, 4.69) is 136 Å². The topological polar surface area (TPSA) is 443 Å². The first-order valence-corrected chi connectivity index (χ1v) is 52.6. The second-order valence-corrected chi connectivity index (χ2v) is 54.8. The highest BCUT2D eigenvalue weighted by atomic mass is 35.5. The molecule has 5 amide bonds. The molecule has 20 atom stereocenters. The maximum atomic E-state index is 14.3. The van der Waals surface area contributed by atoms with Gasteiger partial charge in [-0.15, -0.1) is 77.5 Å². The molecule has 0 radical (unpaired) electrons. The molecule has 0 aromatic carbocycles. The van der Waals surface area contributed by atoms with Crippen molar-refractivity contribution in [3.05, 3.63) is 138 Å². The Kier molecular flexibility index (Phi) is 35.1. The lowest BCUT2D eigenvalue weighted by molar-refractivity contribution is -0.139. The number of alkyl halides is 2. The number of nitrogens with zero attached hydrogens (tertiary/aromatic N) is 4. The summed E-state index contributed by atoms with van der Waals surface area (Å²) in [5.74, 6) is -1.33. The standard InChI is InChI=1S/C17H25N2O8P.C15H25N2O5P.C15H25N2O4P.C14H22ClN2O3P.C14H22FN2O3P/c1-9(20)26-8-11(21)10-7-19(17(25)18-15(10)24)16-14(23)13(22)12(27-16)5-6-28(2,3)4;1-16-11(18)6-8-17(15(16)20)14-13(21-2)12(19)10(22-14)7-9-23(3,4)5;1-10-16-12(18)6-8-17(10)15-14(20-2)13(19)11(21-15)7-9-22(3,4)5;2*1-8-9(7-16-14(19)17-8)13-11(15)12(18)10(20-13)5-6-21(2,3)4/h7,12-14,16,22-23H,2,5-6,8H2,1,3-4H3,(H,18,24,25);6,8,10,12-14,19H,3,7,9H2,1-2,4-5H3;6,8,11,13-15,19H,1,3,7,9H2,2,4-5H3,(H,16,18);2*7,10-13,18H,1-2,5-6H2,3-4H3,(H2,16,17,19)/t12-,13-,14-,16-;10-,12-,13-,14-;11-,13-,14-,15-;2*10-,11-,12-,13+/m11111/s1. The number of esters is 1. The summed E-state index contributed by atoms with van der Waals surface area (Å²) in [6, 6.07) is 0.536. The van der Waals surface area contributed by atoms with Crippen molar-refractivity contribution in [3.8, 4) is 0 Å². The Bertz CT molecular complexity index is 4400. The average Bonchev–Trinajstić information content (AvgIpc) is 1.62. The number of urea groups is 2. The number of aromatic nitrogens is 4.